The van der Waals surface area contributed by atoms with Gasteiger partial charge in [0.15, 0.2) is 0 Å². The Labute approximate surface area is 108 Å². The number of carbonyl (C=O) groups excluding carboxylic acids is 1. The number of ether oxygens (including phenoxy) is 1. The Morgan fingerprint density at radius 3 is 2.82 bits per heavy atom. The van der Waals surface area contributed by atoms with Crippen LogP contribution in [0.3, 0.4) is 0 Å². The summed E-state index contributed by atoms with van der Waals surface area (Å²) < 4.78 is 5.44. The van der Waals surface area contributed by atoms with Gasteiger partial charge >= 0.3 is 5.97 Å². The van der Waals surface area contributed by atoms with Gasteiger partial charge in [0, 0.05) is 10.0 Å². The number of rotatable bonds is 4. The molecule has 0 aliphatic rings. The standard InChI is InChI=1S/C12H12BrNO3/c1-2-17-12(16)5-8-3-4-11(13)9(6-14)10(8)7-15/h3-4,15H,2,5,7H2,1H3. The Kier molecular flexibility index (Phi) is 5.13. The summed E-state index contributed by atoms with van der Waals surface area (Å²) in [4.78, 5) is 11.4. The van der Waals surface area contributed by atoms with Crippen molar-refractivity contribution in [2.75, 3.05) is 6.61 Å². The van der Waals surface area contributed by atoms with E-state index < -0.39 is 0 Å². The van der Waals surface area contributed by atoms with Crippen LogP contribution in [0.5, 0.6) is 0 Å². The number of aliphatic hydroxyl groups excluding tert-OH is 1. The van der Waals surface area contributed by atoms with Crippen LogP contribution >= 0.6 is 15.9 Å². The van der Waals surface area contributed by atoms with Crippen LogP contribution in [0, 0.1) is 11.3 Å². The third-order valence-electron chi connectivity index (χ3n) is 2.27. The van der Waals surface area contributed by atoms with Crippen molar-refractivity contribution < 1.29 is 14.6 Å². The number of esters is 1. The van der Waals surface area contributed by atoms with Crippen LogP contribution in [0.2, 0.25) is 0 Å². The maximum atomic E-state index is 11.4. The zero-order valence-corrected chi connectivity index (χ0v) is 11.0. The summed E-state index contributed by atoms with van der Waals surface area (Å²) in [6, 6.07) is 5.39. The highest BCUT2D eigenvalue weighted by Crippen LogP contribution is 2.24. The van der Waals surface area contributed by atoms with Crippen molar-refractivity contribution in [3.8, 4) is 6.07 Å². The van der Waals surface area contributed by atoms with Crippen molar-refractivity contribution in [2.24, 2.45) is 0 Å². The molecule has 0 fully saturated rings. The van der Waals surface area contributed by atoms with Crippen molar-refractivity contribution in [3.63, 3.8) is 0 Å². The van der Waals surface area contributed by atoms with E-state index in [0.29, 0.717) is 27.8 Å². The molecule has 0 aliphatic heterocycles. The van der Waals surface area contributed by atoms with Crippen LogP contribution in [0.25, 0.3) is 0 Å². The summed E-state index contributed by atoms with van der Waals surface area (Å²) in [7, 11) is 0. The minimum Gasteiger partial charge on any atom is -0.466 e. The topological polar surface area (TPSA) is 70.3 Å². The van der Waals surface area contributed by atoms with Crippen molar-refractivity contribution in [2.45, 2.75) is 20.0 Å². The molecule has 1 N–H and O–H groups in total. The molecule has 0 saturated heterocycles. The average molecular weight is 298 g/mol. The Hall–Kier alpha value is -1.38. The van der Waals surface area contributed by atoms with Crippen LogP contribution in [0.1, 0.15) is 23.6 Å². The minimum atomic E-state index is -0.367. The Morgan fingerprint density at radius 2 is 2.29 bits per heavy atom. The molecule has 17 heavy (non-hydrogen) atoms. The molecule has 0 aromatic heterocycles. The van der Waals surface area contributed by atoms with E-state index in [2.05, 4.69) is 15.9 Å². The summed E-state index contributed by atoms with van der Waals surface area (Å²) in [6.45, 7) is 1.76. The van der Waals surface area contributed by atoms with Crippen LogP contribution in [-0.2, 0) is 22.6 Å². The molecule has 1 aromatic carbocycles. The second-order valence-corrected chi connectivity index (χ2v) is 4.17. The van der Waals surface area contributed by atoms with Crippen LogP contribution in [0.4, 0.5) is 0 Å². The number of hydrogen-bond donors (Lipinski definition) is 1. The molecular formula is C12H12BrNO3. The second-order valence-electron chi connectivity index (χ2n) is 3.31. The molecule has 1 aromatic rings. The van der Waals surface area contributed by atoms with Gasteiger partial charge in [-0.1, -0.05) is 6.07 Å². The number of carbonyl (C=O) groups is 1. The summed E-state index contributed by atoms with van der Waals surface area (Å²) in [5.41, 5.74) is 1.44. The van der Waals surface area contributed by atoms with Gasteiger partial charge in [-0.15, -0.1) is 0 Å². The third kappa shape index (κ3) is 3.29. The first-order valence-electron chi connectivity index (χ1n) is 5.10. The fraction of sp³-hybridized carbons (Fsp3) is 0.333. The number of nitrogens with zero attached hydrogens (tertiary/aromatic N) is 1. The molecule has 0 aliphatic carbocycles. The lowest BCUT2D eigenvalue weighted by Crippen LogP contribution is -2.10. The predicted molar refractivity (Wildman–Crippen MR) is 65.1 cm³/mol. The highest BCUT2D eigenvalue weighted by molar-refractivity contribution is 9.10. The molecule has 5 heteroatoms. The summed E-state index contributed by atoms with van der Waals surface area (Å²) in [6.07, 6.45) is 0.0612. The minimum absolute atomic E-state index is 0.0612. The Morgan fingerprint density at radius 1 is 1.59 bits per heavy atom. The maximum absolute atomic E-state index is 11.4. The van der Waals surface area contributed by atoms with E-state index >= 15 is 0 Å². The van der Waals surface area contributed by atoms with Gasteiger partial charge in [-0.05, 0) is 34.5 Å². The van der Waals surface area contributed by atoms with Crippen molar-refractivity contribution in [1.29, 1.82) is 5.26 Å². The molecule has 0 saturated carbocycles. The largest absolute Gasteiger partial charge is 0.466 e. The highest BCUT2D eigenvalue weighted by Gasteiger charge is 2.14. The molecule has 4 nitrogen and oxygen atoms in total. The second kappa shape index (κ2) is 6.38. The summed E-state index contributed by atoms with van der Waals surface area (Å²) in [5.74, 6) is -0.367. The van der Waals surface area contributed by atoms with Gasteiger partial charge in [0.2, 0.25) is 0 Å². The number of benzene rings is 1. The molecule has 0 radical (unpaired) electrons. The molecule has 0 heterocycles. The average Bonchev–Trinajstić information content (AvgIpc) is 2.31. The molecule has 0 unspecified atom stereocenters. The highest BCUT2D eigenvalue weighted by atomic mass is 79.9. The van der Waals surface area contributed by atoms with Gasteiger partial charge in [0.05, 0.1) is 25.2 Å². The van der Waals surface area contributed by atoms with Crippen LogP contribution in [-0.4, -0.2) is 17.7 Å². The van der Waals surface area contributed by atoms with Crippen molar-refractivity contribution >= 4 is 21.9 Å². The normalized spacial score (nSPS) is 9.76. The SMILES string of the molecule is CCOC(=O)Cc1ccc(Br)c(C#N)c1CO. The molecule has 0 atom stereocenters. The number of halogens is 1. The summed E-state index contributed by atoms with van der Waals surface area (Å²) >= 11 is 3.23. The predicted octanol–water partition coefficient (Wildman–Crippen LogP) is 1.92. The van der Waals surface area contributed by atoms with E-state index in [-0.39, 0.29) is 19.0 Å². The van der Waals surface area contributed by atoms with Crippen molar-refractivity contribution in [3.05, 3.63) is 33.3 Å². The van der Waals surface area contributed by atoms with E-state index in [4.69, 9.17) is 10.00 Å². The molecule has 0 amide bonds. The number of nitriles is 1. The van der Waals surface area contributed by atoms with Gasteiger partial charge in [0.1, 0.15) is 6.07 Å². The lowest BCUT2D eigenvalue weighted by atomic mass is 10.00. The monoisotopic (exact) mass is 297 g/mol. The smallest absolute Gasteiger partial charge is 0.310 e. The lowest BCUT2D eigenvalue weighted by Gasteiger charge is -2.10. The maximum Gasteiger partial charge on any atom is 0.310 e. The zero-order valence-electron chi connectivity index (χ0n) is 9.36. The third-order valence-corrected chi connectivity index (χ3v) is 2.93. The van der Waals surface area contributed by atoms with E-state index in [1.807, 2.05) is 6.07 Å². The first-order valence-corrected chi connectivity index (χ1v) is 5.90. The zero-order chi connectivity index (χ0) is 12.8. The number of aliphatic hydroxyl groups is 1. The molecule has 90 valence electrons. The number of hydrogen-bond acceptors (Lipinski definition) is 4. The van der Waals surface area contributed by atoms with E-state index in [1.54, 1.807) is 19.1 Å². The van der Waals surface area contributed by atoms with Gasteiger partial charge in [-0.3, -0.25) is 4.79 Å². The Balaban J connectivity index is 3.09. The molecule has 1 rings (SSSR count). The van der Waals surface area contributed by atoms with Crippen LogP contribution in [0.15, 0.2) is 16.6 Å². The molecular weight excluding hydrogens is 286 g/mol. The van der Waals surface area contributed by atoms with Crippen LogP contribution < -0.4 is 0 Å². The van der Waals surface area contributed by atoms with Gasteiger partial charge in [-0.25, -0.2) is 0 Å². The molecule has 0 bridgehead atoms. The van der Waals surface area contributed by atoms with Gasteiger partial charge in [0.25, 0.3) is 0 Å². The Bertz CT molecular complexity index is 466. The van der Waals surface area contributed by atoms with E-state index in [1.165, 1.54) is 0 Å². The van der Waals surface area contributed by atoms with Gasteiger partial charge < -0.3 is 9.84 Å². The first kappa shape index (κ1) is 13.7. The van der Waals surface area contributed by atoms with E-state index in [0.717, 1.165) is 0 Å². The first-order chi connectivity index (χ1) is 8.13. The van der Waals surface area contributed by atoms with Gasteiger partial charge in [-0.2, -0.15) is 5.26 Å². The fourth-order valence-corrected chi connectivity index (χ4v) is 1.96. The fourth-order valence-electron chi connectivity index (χ4n) is 1.50. The quantitative estimate of drug-likeness (QED) is 0.862. The van der Waals surface area contributed by atoms with Crippen molar-refractivity contribution in [1.82, 2.24) is 0 Å². The van der Waals surface area contributed by atoms with E-state index in [9.17, 15) is 9.90 Å². The summed E-state index contributed by atoms with van der Waals surface area (Å²) in [5, 5.41) is 18.3. The molecule has 0 spiro atoms. The lowest BCUT2D eigenvalue weighted by molar-refractivity contribution is -0.142.